The lowest BCUT2D eigenvalue weighted by Crippen LogP contribution is -2.33. The van der Waals surface area contributed by atoms with Crippen molar-refractivity contribution in [1.29, 1.82) is 0 Å². The van der Waals surface area contributed by atoms with Gasteiger partial charge in [-0.15, -0.1) is 0 Å². The molecule has 3 rings (SSSR count). The molecule has 21 heavy (non-hydrogen) atoms. The lowest BCUT2D eigenvalue weighted by Gasteiger charge is -2.31. The Morgan fingerprint density at radius 2 is 1.95 bits per heavy atom. The SMILES string of the molecule is CNCc1oc2ccccc2c1CN(C)C1CCCCC1. The van der Waals surface area contributed by atoms with Gasteiger partial charge in [0.1, 0.15) is 11.3 Å². The molecule has 0 radical (unpaired) electrons. The van der Waals surface area contributed by atoms with Crippen molar-refractivity contribution >= 4 is 11.0 Å². The zero-order valence-electron chi connectivity index (χ0n) is 13.2. The number of furan rings is 1. The fourth-order valence-corrected chi connectivity index (χ4v) is 3.53. The monoisotopic (exact) mass is 286 g/mol. The van der Waals surface area contributed by atoms with Gasteiger partial charge >= 0.3 is 0 Å². The van der Waals surface area contributed by atoms with Crippen LogP contribution in [-0.4, -0.2) is 25.0 Å². The molecule has 0 bridgehead atoms. The molecule has 3 heteroatoms. The van der Waals surface area contributed by atoms with Crippen LogP contribution in [0.25, 0.3) is 11.0 Å². The number of hydrogen-bond donors (Lipinski definition) is 1. The van der Waals surface area contributed by atoms with E-state index in [9.17, 15) is 0 Å². The van der Waals surface area contributed by atoms with Gasteiger partial charge in [0.15, 0.2) is 0 Å². The van der Waals surface area contributed by atoms with Gasteiger partial charge in [0.2, 0.25) is 0 Å². The van der Waals surface area contributed by atoms with E-state index in [4.69, 9.17) is 4.42 Å². The Kier molecular flexibility index (Phi) is 4.61. The van der Waals surface area contributed by atoms with Crippen molar-refractivity contribution in [2.45, 2.75) is 51.2 Å². The van der Waals surface area contributed by atoms with Crippen LogP contribution in [0.1, 0.15) is 43.4 Å². The molecule has 2 aromatic rings. The molecule has 1 fully saturated rings. The summed E-state index contributed by atoms with van der Waals surface area (Å²) in [7, 11) is 4.24. The highest BCUT2D eigenvalue weighted by Crippen LogP contribution is 2.29. The average molecular weight is 286 g/mol. The standard InChI is InChI=1S/C18H26N2O/c1-19-12-18-16(15-10-6-7-11-17(15)21-18)13-20(2)14-8-4-3-5-9-14/h6-7,10-11,14,19H,3-5,8-9,12-13H2,1-2H3. The summed E-state index contributed by atoms with van der Waals surface area (Å²) in [4.78, 5) is 2.52. The predicted molar refractivity (Wildman–Crippen MR) is 87.3 cm³/mol. The fourth-order valence-electron chi connectivity index (χ4n) is 3.53. The van der Waals surface area contributed by atoms with E-state index in [2.05, 4.69) is 35.5 Å². The first kappa shape index (κ1) is 14.6. The minimum atomic E-state index is 0.731. The normalized spacial score (nSPS) is 16.9. The van der Waals surface area contributed by atoms with Crippen LogP contribution in [0.3, 0.4) is 0 Å². The maximum absolute atomic E-state index is 6.04. The molecule has 0 amide bonds. The first-order chi connectivity index (χ1) is 10.3. The van der Waals surface area contributed by atoms with E-state index in [0.29, 0.717) is 0 Å². The Bertz CT molecular complexity index is 584. The van der Waals surface area contributed by atoms with Gasteiger partial charge < -0.3 is 9.73 Å². The predicted octanol–water partition coefficient (Wildman–Crippen LogP) is 3.92. The molecule has 114 valence electrons. The number of nitrogens with zero attached hydrogens (tertiary/aromatic N) is 1. The lowest BCUT2D eigenvalue weighted by atomic mass is 9.94. The summed E-state index contributed by atoms with van der Waals surface area (Å²) in [6, 6.07) is 9.13. The Labute approximate surface area is 127 Å². The summed E-state index contributed by atoms with van der Waals surface area (Å²) >= 11 is 0. The third-order valence-corrected chi connectivity index (χ3v) is 4.72. The minimum Gasteiger partial charge on any atom is -0.459 e. The van der Waals surface area contributed by atoms with Gasteiger partial charge in [-0.1, -0.05) is 37.5 Å². The van der Waals surface area contributed by atoms with Gasteiger partial charge in [-0.3, -0.25) is 4.90 Å². The van der Waals surface area contributed by atoms with Gasteiger partial charge in [0.05, 0.1) is 6.54 Å². The zero-order valence-corrected chi connectivity index (χ0v) is 13.2. The number of rotatable bonds is 5. The van der Waals surface area contributed by atoms with E-state index in [1.807, 2.05) is 13.1 Å². The lowest BCUT2D eigenvalue weighted by molar-refractivity contribution is 0.184. The van der Waals surface area contributed by atoms with E-state index in [1.165, 1.54) is 43.1 Å². The maximum Gasteiger partial charge on any atom is 0.134 e. The van der Waals surface area contributed by atoms with Gasteiger partial charge in [-0.25, -0.2) is 0 Å². The Morgan fingerprint density at radius 3 is 2.71 bits per heavy atom. The van der Waals surface area contributed by atoms with E-state index >= 15 is 0 Å². The molecule has 0 spiro atoms. The van der Waals surface area contributed by atoms with Gasteiger partial charge in [-0.2, -0.15) is 0 Å². The number of nitrogens with one attached hydrogen (secondary N) is 1. The fraction of sp³-hybridized carbons (Fsp3) is 0.556. The van der Waals surface area contributed by atoms with Crippen LogP contribution in [0.5, 0.6) is 0 Å². The third kappa shape index (κ3) is 3.14. The van der Waals surface area contributed by atoms with Crippen molar-refractivity contribution in [3.05, 3.63) is 35.6 Å². The minimum absolute atomic E-state index is 0.731. The highest BCUT2D eigenvalue weighted by atomic mass is 16.3. The van der Waals surface area contributed by atoms with Crippen LogP contribution in [-0.2, 0) is 13.1 Å². The van der Waals surface area contributed by atoms with Gasteiger partial charge in [-0.05, 0) is 33.0 Å². The molecule has 0 unspecified atom stereocenters. The van der Waals surface area contributed by atoms with Crippen molar-refractivity contribution in [2.75, 3.05) is 14.1 Å². The molecule has 0 aliphatic heterocycles. The molecule has 1 aromatic carbocycles. The highest BCUT2D eigenvalue weighted by Gasteiger charge is 2.21. The Balaban J connectivity index is 1.85. The van der Waals surface area contributed by atoms with Crippen molar-refractivity contribution in [3.8, 4) is 0 Å². The maximum atomic E-state index is 6.04. The van der Waals surface area contributed by atoms with Crippen molar-refractivity contribution in [3.63, 3.8) is 0 Å². The van der Waals surface area contributed by atoms with Crippen molar-refractivity contribution in [1.82, 2.24) is 10.2 Å². The quantitative estimate of drug-likeness (QED) is 0.903. The molecular weight excluding hydrogens is 260 g/mol. The highest BCUT2D eigenvalue weighted by molar-refractivity contribution is 5.82. The van der Waals surface area contributed by atoms with E-state index in [-0.39, 0.29) is 0 Å². The van der Waals surface area contributed by atoms with Crippen molar-refractivity contribution in [2.24, 2.45) is 0 Å². The van der Waals surface area contributed by atoms with E-state index in [1.54, 1.807) is 0 Å². The number of benzene rings is 1. The molecule has 0 saturated heterocycles. The third-order valence-electron chi connectivity index (χ3n) is 4.72. The van der Waals surface area contributed by atoms with E-state index < -0.39 is 0 Å². The first-order valence-electron chi connectivity index (χ1n) is 8.13. The van der Waals surface area contributed by atoms with Crippen LogP contribution < -0.4 is 5.32 Å². The molecule has 1 heterocycles. The second kappa shape index (κ2) is 6.63. The topological polar surface area (TPSA) is 28.4 Å². The average Bonchev–Trinajstić information content (AvgIpc) is 2.86. The molecule has 1 aliphatic carbocycles. The van der Waals surface area contributed by atoms with Crippen molar-refractivity contribution < 1.29 is 4.42 Å². The molecule has 1 aromatic heterocycles. The second-order valence-electron chi connectivity index (χ2n) is 6.24. The smallest absolute Gasteiger partial charge is 0.134 e. The summed E-state index contributed by atoms with van der Waals surface area (Å²) in [6.45, 7) is 1.78. The Hall–Kier alpha value is -1.32. The van der Waals surface area contributed by atoms with Crippen LogP contribution in [0.2, 0.25) is 0 Å². The molecular formula is C18H26N2O. The summed E-state index contributed by atoms with van der Waals surface area (Å²) in [6.07, 6.45) is 6.85. The summed E-state index contributed by atoms with van der Waals surface area (Å²) < 4.78 is 6.04. The van der Waals surface area contributed by atoms with Crippen LogP contribution in [0.15, 0.2) is 28.7 Å². The van der Waals surface area contributed by atoms with E-state index in [0.717, 1.165) is 30.5 Å². The number of fused-ring (bicyclic) bond motifs is 1. The summed E-state index contributed by atoms with van der Waals surface area (Å²) in [5.41, 5.74) is 2.36. The summed E-state index contributed by atoms with van der Waals surface area (Å²) in [5, 5.41) is 4.49. The van der Waals surface area contributed by atoms with Crippen LogP contribution in [0.4, 0.5) is 0 Å². The second-order valence-corrected chi connectivity index (χ2v) is 6.24. The van der Waals surface area contributed by atoms with Crippen LogP contribution in [0, 0.1) is 0 Å². The molecule has 1 N–H and O–H groups in total. The molecule has 1 aliphatic rings. The summed E-state index contributed by atoms with van der Waals surface area (Å²) in [5.74, 6) is 1.08. The zero-order chi connectivity index (χ0) is 14.7. The Morgan fingerprint density at radius 1 is 1.19 bits per heavy atom. The number of hydrogen-bond acceptors (Lipinski definition) is 3. The molecule has 0 atom stereocenters. The van der Waals surface area contributed by atoms with Gasteiger partial charge in [0, 0.05) is 23.5 Å². The first-order valence-corrected chi connectivity index (χ1v) is 8.13. The molecule has 1 saturated carbocycles. The largest absolute Gasteiger partial charge is 0.459 e. The molecule has 3 nitrogen and oxygen atoms in total. The van der Waals surface area contributed by atoms with Gasteiger partial charge in [0.25, 0.3) is 0 Å². The number of para-hydroxylation sites is 1. The van der Waals surface area contributed by atoms with Crippen LogP contribution >= 0.6 is 0 Å².